The Morgan fingerprint density at radius 1 is 1.47 bits per heavy atom. The molecule has 3 nitrogen and oxygen atoms in total. The van der Waals surface area contributed by atoms with Crippen molar-refractivity contribution in [3.05, 3.63) is 29.6 Å². The lowest BCUT2D eigenvalue weighted by Crippen LogP contribution is -2.39. The second kappa shape index (κ2) is 4.28. The molecule has 0 heterocycles. The molecule has 1 aromatic carbocycles. The van der Waals surface area contributed by atoms with Crippen LogP contribution in [0.4, 0.5) is 10.1 Å². The summed E-state index contributed by atoms with van der Waals surface area (Å²) >= 11 is 0. The number of hydrogen-bond acceptors (Lipinski definition) is 3. The fraction of sp³-hybridized carbons (Fsp3) is 0.364. The molecule has 0 aliphatic carbocycles. The van der Waals surface area contributed by atoms with Crippen molar-refractivity contribution >= 4 is 5.69 Å². The highest BCUT2D eigenvalue weighted by Gasteiger charge is 2.15. The monoisotopic (exact) mass is 207 g/mol. The highest BCUT2D eigenvalue weighted by Crippen LogP contribution is 2.17. The number of halogens is 1. The Morgan fingerprint density at radius 3 is 2.67 bits per heavy atom. The van der Waals surface area contributed by atoms with E-state index in [-0.39, 0.29) is 5.54 Å². The zero-order valence-electron chi connectivity index (χ0n) is 8.84. The predicted octanol–water partition coefficient (Wildman–Crippen LogP) is 1.85. The number of anilines is 1. The van der Waals surface area contributed by atoms with E-state index in [0.717, 1.165) is 0 Å². The smallest absolute Gasteiger partial charge is 0.126 e. The third-order valence-electron chi connectivity index (χ3n) is 2.02. The minimum atomic E-state index is -0.427. The number of rotatable bonds is 3. The van der Waals surface area contributed by atoms with Crippen molar-refractivity contribution in [1.82, 2.24) is 0 Å². The van der Waals surface area contributed by atoms with Crippen LogP contribution in [0.3, 0.4) is 0 Å². The Hall–Kier alpha value is -1.60. The summed E-state index contributed by atoms with van der Waals surface area (Å²) in [6.45, 7) is 4.24. The van der Waals surface area contributed by atoms with E-state index >= 15 is 0 Å². The molecule has 0 unspecified atom stereocenters. The van der Waals surface area contributed by atoms with E-state index in [0.29, 0.717) is 17.8 Å². The summed E-state index contributed by atoms with van der Waals surface area (Å²) in [5.41, 5.74) is 6.09. The van der Waals surface area contributed by atoms with Gasteiger partial charge in [-0.2, -0.15) is 5.26 Å². The van der Waals surface area contributed by atoms with Gasteiger partial charge in [-0.3, -0.25) is 0 Å². The van der Waals surface area contributed by atoms with Crippen molar-refractivity contribution in [1.29, 1.82) is 5.26 Å². The Bertz CT molecular complexity index is 393. The second-order valence-corrected chi connectivity index (χ2v) is 4.05. The van der Waals surface area contributed by atoms with Crippen molar-refractivity contribution < 1.29 is 4.39 Å². The predicted molar refractivity (Wildman–Crippen MR) is 57.9 cm³/mol. The summed E-state index contributed by atoms with van der Waals surface area (Å²) in [7, 11) is 0. The van der Waals surface area contributed by atoms with Crippen molar-refractivity contribution in [3.8, 4) is 6.07 Å². The maximum absolute atomic E-state index is 13.1. The molecule has 0 amide bonds. The topological polar surface area (TPSA) is 61.8 Å². The van der Waals surface area contributed by atoms with Crippen LogP contribution in [0.2, 0.25) is 0 Å². The van der Waals surface area contributed by atoms with Gasteiger partial charge in [0.2, 0.25) is 0 Å². The number of nitrogens with zero attached hydrogens (tertiary/aromatic N) is 1. The molecule has 80 valence electrons. The number of nitriles is 1. The Balaban J connectivity index is 2.96. The summed E-state index contributed by atoms with van der Waals surface area (Å²) < 4.78 is 13.1. The first-order valence-corrected chi connectivity index (χ1v) is 4.66. The number of nitrogens with one attached hydrogen (secondary N) is 1. The van der Waals surface area contributed by atoms with Crippen molar-refractivity contribution in [2.75, 3.05) is 11.9 Å². The first kappa shape index (κ1) is 11.5. The summed E-state index contributed by atoms with van der Waals surface area (Å²) in [6.07, 6.45) is 0. The zero-order valence-corrected chi connectivity index (χ0v) is 8.84. The maximum atomic E-state index is 13.1. The SMILES string of the molecule is CC(C)(CN)Nc1cc(F)cc(C#N)c1. The molecule has 0 aliphatic rings. The standard InChI is InChI=1S/C11H14FN3/c1-11(2,7-14)15-10-4-8(6-13)3-9(12)5-10/h3-5,15H,7,14H2,1-2H3. The maximum Gasteiger partial charge on any atom is 0.126 e. The van der Waals surface area contributed by atoms with Gasteiger partial charge in [-0.15, -0.1) is 0 Å². The fourth-order valence-electron chi connectivity index (χ4n) is 1.17. The quantitative estimate of drug-likeness (QED) is 0.795. The van der Waals surface area contributed by atoms with E-state index in [2.05, 4.69) is 5.32 Å². The van der Waals surface area contributed by atoms with Crippen molar-refractivity contribution in [2.45, 2.75) is 19.4 Å². The number of hydrogen-bond donors (Lipinski definition) is 2. The van der Waals surface area contributed by atoms with E-state index in [1.807, 2.05) is 19.9 Å². The van der Waals surface area contributed by atoms with Crippen LogP contribution in [-0.4, -0.2) is 12.1 Å². The highest BCUT2D eigenvalue weighted by molar-refractivity contribution is 5.51. The molecule has 0 spiro atoms. The van der Waals surface area contributed by atoms with Gasteiger partial charge in [0.1, 0.15) is 5.82 Å². The minimum absolute atomic E-state index is 0.297. The Kier molecular flexibility index (Phi) is 3.28. The minimum Gasteiger partial charge on any atom is -0.379 e. The van der Waals surface area contributed by atoms with Gasteiger partial charge in [0.05, 0.1) is 11.6 Å². The molecule has 0 radical (unpaired) electrons. The molecular formula is C11H14FN3. The summed E-state index contributed by atoms with van der Waals surface area (Å²) in [5, 5.41) is 11.7. The van der Waals surface area contributed by atoms with Crippen LogP contribution in [0.1, 0.15) is 19.4 Å². The molecule has 3 N–H and O–H groups in total. The van der Waals surface area contributed by atoms with Crippen LogP contribution >= 0.6 is 0 Å². The molecule has 0 saturated carbocycles. The lowest BCUT2D eigenvalue weighted by Gasteiger charge is -2.25. The third-order valence-corrected chi connectivity index (χ3v) is 2.02. The molecule has 15 heavy (non-hydrogen) atoms. The molecule has 0 atom stereocenters. The summed E-state index contributed by atoms with van der Waals surface area (Å²) in [6, 6.07) is 6.04. The van der Waals surface area contributed by atoms with Gasteiger partial charge in [-0.1, -0.05) is 0 Å². The Labute approximate surface area is 88.7 Å². The zero-order chi connectivity index (χ0) is 11.5. The first-order valence-electron chi connectivity index (χ1n) is 4.66. The lowest BCUT2D eigenvalue weighted by atomic mass is 10.1. The first-order chi connectivity index (χ1) is 6.96. The van der Waals surface area contributed by atoms with Gasteiger partial charge >= 0.3 is 0 Å². The van der Waals surface area contributed by atoms with Crippen molar-refractivity contribution in [2.24, 2.45) is 5.73 Å². The van der Waals surface area contributed by atoms with Gasteiger partial charge in [0.15, 0.2) is 0 Å². The van der Waals surface area contributed by atoms with E-state index in [1.165, 1.54) is 12.1 Å². The molecule has 1 rings (SSSR count). The summed E-state index contributed by atoms with van der Waals surface area (Å²) in [4.78, 5) is 0. The van der Waals surface area contributed by atoms with Gasteiger partial charge in [-0.25, -0.2) is 4.39 Å². The normalized spacial score (nSPS) is 10.9. The van der Waals surface area contributed by atoms with E-state index in [1.54, 1.807) is 6.07 Å². The van der Waals surface area contributed by atoms with Crippen molar-refractivity contribution in [3.63, 3.8) is 0 Å². The van der Waals surface area contributed by atoms with Gasteiger partial charge in [0, 0.05) is 17.8 Å². The molecule has 0 aromatic heterocycles. The van der Waals surface area contributed by atoms with Crippen LogP contribution in [-0.2, 0) is 0 Å². The molecule has 1 aromatic rings. The average Bonchev–Trinajstić information content (AvgIpc) is 2.16. The van der Waals surface area contributed by atoms with E-state index < -0.39 is 5.82 Å². The third kappa shape index (κ3) is 3.22. The van der Waals surface area contributed by atoms with Crippen LogP contribution in [0.25, 0.3) is 0 Å². The highest BCUT2D eigenvalue weighted by atomic mass is 19.1. The molecule has 0 bridgehead atoms. The lowest BCUT2D eigenvalue weighted by molar-refractivity contribution is 0.577. The molecule has 0 fully saturated rings. The second-order valence-electron chi connectivity index (χ2n) is 4.05. The van der Waals surface area contributed by atoms with Gasteiger partial charge < -0.3 is 11.1 Å². The summed E-state index contributed by atoms with van der Waals surface area (Å²) in [5.74, 6) is -0.427. The fourth-order valence-corrected chi connectivity index (χ4v) is 1.17. The molecule has 4 heteroatoms. The van der Waals surface area contributed by atoms with Crippen LogP contribution < -0.4 is 11.1 Å². The average molecular weight is 207 g/mol. The molecule has 0 saturated heterocycles. The largest absolute Gasteiger partial charge is 0.379 e. The van der Waals surface area contributed by atoms with Gasteiger partial charge in [0.25, 0.3) is 0 Å². The van der Waals surface area contributed by atoms with E-state index in [9.17, 15) is 4.39 Å². The van der Waals surface area contributed by atoms with E-state index in [4.69, 9.17) is 11.0 Å². The Morgan fingerprint density at radius 2 is 2.13 bits per heavy atom. The van der Waals surface area contributed by atoms with Crippen LogP contribution in [0.5, 0.6) is 0 Å². The number of nitrogens with two attached hydrogens (primary N) is 1. The number of benzene rings is 1. The van der Waals surface area contributed by atoms with Gasteiger partial charge in [-0.05, 0) is 32.0 Å². The van der Waals surface area contributed by atoms with Crippen LogP contribution in [0.15, 0.2) is 18.2 Å². The molecule has 0 aliphatic heterocycles. The van der Waals surface area contributed by atoms with Crippen LogP contribution in [0, 0.1) is 17.1 Å². The molecular weight excluding hydrogens is 193 g/mol.